The Kier molecular flexibility index (Phi) is 10.4. The number of hydrogen-bond donors (Lipinski definition) is 2. The van der Waals surface area contributed by atoms with Gasteiger partial charge in [-0.2, -0.15) is 0 Å². The molecule has 2 fully saturated rings. The van der Waals surface area contributed by atoms with Gasteiger partial charge in [-0.25, -0.2) is 15.2 Å². The molecule has 0 unspecified atom stereocenters. The number of rotatable bonds is 5. The quantitative estimate of drug-likeness (QED) is 0.234. The van der Waals surface area contributed by atoms with Gasteiger partial charge in [0.1, 0.15) is 12.1 Å². The van der Waals surface area contributed by atoms with Crippen LogP contribution >= 0.6 is 11.3 Å². The summed E-state index contributed by atoms with van der Waals surface area (Å²) in [5.41, 5.74) is 9.65. The standard InChI is InChI=1S/C40H51N7O5S/c1-8-45-33-14-13-26-17-28(33)29(36(45)27-11-9-15-41-35(27)25(4)51-7)19-40(5,6)22-52-38(49)30-12-10-16-47(44-30)37(48)31(18-34-42-32(26)21-53-34)43-39(50)46-20-23(2)24(46)3/h9,11,13-15,17,21,23-25,30-31,44H,8,10,12,16,18-20,22H2,1-7H3,(H,43,50)/t23-,24-,25+,30+,31+/m1/s1. The summed E-state index contributed by atoms with van der Waals surface area (Å²) in [7, 11) is 1.70. The Morgan fingerprint density at radius 1 is 1.23 bits per heavy atom. The van der Waals surface area contributed by atoms with Crippen LogP contribution in [0.25, 0.3) is 33.4 Å². The van der Waals surface area contributed by atoms with Crippen LogP contribution in [0.4, 0.5) is 4.79 Å². The molecular weight excluding hydrogens is 691 g/mol. The number of esters is 1. The number of fused-ring (bicyclic) bond motifs is 6. The van der Waals surface area contributed by atoms with E-state index < -0.39 is 23.5 Å². The predicted molar refractivity (Wildman–Crippen MR) is 205 cm³/mol. The zero-order valence-corrected chi connectivity index (χ0v) is 32.6. The number of aryl methyl sites for hydroxylation is 1. The van der Waals surface area contributed by atoms with Gasteiger partial charge in [0.05, 0.1) is 34.8 Å². The fourth-order valence-corrected chi connectivity index (χ4v) is 8.71. The number of ether oxygens (including phenoxy) is 2. The van der Waals surface area contributed by atoms with E-state index in [4.69, 9.17) is 19.4 Å². The number of nitrogens with zero attached hydrogens (tertiary/aromatic N) is 5. The van der Waals surface area contributed by atoms with Gasteiger partial charge in [-0.15, -0.1) is 11.3 Å². The Morgan fingerprint density at radius 3 is 2.77 bits per heavy atom. The van der Waals surface area contributed by atoms with Gasteiger partial charge in [0.25, 0.3) is 5.91 Å². The van der Waals surface area contributed by atoms with Crippen molar-refractivity contribution in [3.05, 3.63) is 58.2 Å². The molecule has 0 radical (unpaired) electrons. The summed E-state index contributed by atoms with van der Waals surface area (Å²) >= 11 is 1.48. The number of hydrazine groups is 1. The molecule has 0 spiro atoms. The largest absolute Gasteiger partial charge is 0.464 e. The average molecular weight is 742 g/mol. The minimum atomic E-state index is -0.872. The van der Waals surface area contributed by atoms with Crippen molar-refractivity contribution in [1.82, 2.24) is 35.2 Å². The summed E-state index contributed by atoms with van der Waals surface area (Å²) < 4.78 is 14.2. The minimum absolute atomic E-state index is 0.0864. The molecule has 3 aliphatic heterocycles. The van der Waals surface area contributed by atoms with Gasteiger partial charge in [-0.1, -0.05) is 26.8 Å². The second-order valence-electron chi connectivity index (χ2n) is 15.6. The highest BCUT2D eigenvalue weighted by Crippen LogP contribution is 2.42. The third-order valence-corrected chi connectivity index (χ3v) is 12.1. The maximum atomic E-state index is 14.1. The van der Waals surface area contributed by atoms with E-state index in [-0.39, 0.29) is 37.1 Å². The maximum Gasteiger partial charge on any atom is 0.324 e. The highest BCUT2D eigenvalue weighted by molar-refractivity contribution is 7.10. The monoisotopic (exact) mass is 741 g/mol. The summed E-state index contributed by atoms with van der Waals surface area (Å²) in [6.07, 6.45) is 3.59. The molecule has 7 rings (SSSR count). The summed E-state index contributed by atoms with van der Waals surface area (Å²) in [6, 6.07) is 8.80. The molecule has 4 aromatic rings. The fraction of sp³-hybridized carbons (Fsp3) is 0.525. The molecule has 2 saturated heterocycles. The van der Waals surface area contributed by atoms with Crippen molar-refractivity contribution in [2.75, 3.05) is 26.8 Å². The fourth-order valence-electron chi connectivity index (χ4n) is 7.86. The Bertz CT molecular complexity index is 2020. The molecule has 282 valence electrons. The SMILES string of the molecule is CCn1c(-c2cccnc2[C@H](C)OC)c2c3cc(ccc31)-c1csc(n1)C[C@H](NC(=O)N1C[C@@H](C)[C@H]1C)C(=O)N1CCC[C@H](N1)C(=O)OCC(C)(C)C2. The normalized spacial score (nSPS) is 24.0. The molecule has 12 nitrogen and oxygen atoms in total. The summed E-state index contributed by atoms with van der Waals surface area (Å²) in [5, 5.41) is 8.36. The number of hydrogen-bond acceptors (Lipinski definition) is 9. The van der Waals surface area contributed by atoms with Crippen molar-refractivity contribution in [1.29, 1.82) is 0 Å². The number of methoxy groups -OCH3 is 1. The molecule has 5 atom stereocenters. The van der Waals surface area contributed by atoms with E-state index in [1.807, 2.05) is 25.3 Å². The number of benzene rings is 1. The number of aromatic nitrogens is 3. The molecule has 3 aliphatic rings. The van der Waals surface area contributed by atoms with E-state index in [0.29, 0.717) is 38.3 Å². The van der Waals surface area contributed by atoms with Crippen LogP contribution in [0, 0.1) is 11.3 Å². The highest BCUT2D eigenvalue weighted by atomic mass is 32.1. The van der Waals surface area contributed by atoms with E-state index in [1.165, 1.54) is 16.3 Å². The maximum absolute atomic E-state index is 14.1. The molecule has 53 heavy (non-hydrogen) atoms. The van der Waals surface area contributed by atoms with Crippen molar-refractivity contribution in [2.45, 2.75) is 98.0 Å². The van der Waals surface area contributed by atoms with Gasteiger partial charge in [-0.05, 0) is 75.8 Å². The van der Waals surface area contributed by atoms with Gasteiger partial charge >= 0.3 is 12.0 Å². The van der Waals surface area contributed by atoms with Crippen LogP contribution in [0.15, 0.2) is 41.9 Å². The second kappa shape index (κ2) is 14.8. The van der Waals surface area contributed by atoms with Crippen molar-refractivity contribution < 1.29 is 23.9 Å². The number of pyridine rings is 1. The number of amides is 3. The number of likely N-dealkylation sites (tertiary alicyclic amines) is 1. The highest BCUT2D eigenvalue weighted by Gasteiger charge is 2.39. The third kappa shape index (κ3) is 7.18. The number of nitrogens with one attached hydrogen (secondary N) is 2. The lowest BCUT2D eigenvalue weighted by molar-refractivity contribution is -0.155. The van der Waals surface area contributed by atoms with Gasteiger partial charge in [0.15, 0.2) is 0 Å². The number of thiazole rings is 1. The molecule has 6 heterocycles. The van der Waals surface area contributed by atoms with Gasteiger partial charge in [-0.3, -0.25) is 19.6 Å². The smallest absolute Gasteiger partial charge is 0.324 e. The average Bonchev–Trinajstić information content (AvgIpc) is 3.76. The van der Waals surface area contributed by atoms with Crippen molar-refractivity contribution in [3.8, 4) is 22.5 Å². The van der Waals surface area contributed by atoms with Crippen LogP contribution in [-0.4, -0.2) is 87.3 Å². The Labute approximate surface area is 315 Å². The number of urea groups is 1. The molecule has 13 heteroatoms. The van der Waals surface area contributed by atoms with Crippen molar-refractivity contribution in [2.24, 2.45) is 11.3 Å². The molecular formula is C40H51N7O5S. The first kappa shape index (κ1) is 37.0. The molecule has 3 amide bonds. The van der Waals surface area contributed by atoms with Gasteiger partial charge in [0.2, 0.25) is 0 Å². The Balaban J connectivity index is 1.34. The minimum Gasteiger partial charge on any atom is -0.464 e. The van der Waals surface area contributed by atoms with Crippen molar-refractivity contribution >= 4 is 40.1 Å². The van der Waals surface area contributed by atoms with E-state index in [1.54, 1.807) is 18.2 Å². The zero-order chi connectivity index (χ0) is 37.6. The molecule has 3 aromatic heterocycles. The lowest BCUT2D eigenvalue weighted by Gasteiger charge is -2.45. The number of cyclic esters (lactones) is 1. The molecule has 1 aromatic carbocycles. The van der Waals surface area contributed by atoms with E-state index in [2.05, 4.69) is 67.3 Å². The first-order valence-electron chi connectivity index (χ1n) is 18.8. The lowest BCUT2D eigenvalue weighted by Crippen LogP contribution is -2.64. The van der Waals surface area contributed by atoms with E-state index >= 15 is 0 Å². The second-order valence-corrected chi connectivity index (χ2v) is 16.5. The first-order valence-corrected chi connectivity index (χ1v) is 19.7. The first-order chi connectivity index (χ1) is 25.4. The van der Waals surface area contributed by atoms with Crippen LogP contribution in [0.3, 0.4) is 0 Å². The zero-order valence-electron chi connectivity index (χ0n) is 31.8. The van der Waals surface area contributed by atoms with Crippen LogP contribution in [-0.2, 0) is 38.4 Å². The number of carbonyl (C=O) groups excluding carboxylic acids is 3. The topological polar surface area (TPSA) is 131 Å². The summed E-state index contributed by atoms with van der Waals surface area (Å²) in [6.45, 7) is 14.5. The molecule has 6 bridgehead atoms. The van der Waals surface area contributed by atoms with Crippen LogP contribution < -0.4 is 10.7 Å². The van der Waals surface area contributed by atoms with E-state index in [9.17, 15) is 14.4 Å². The molecule has 0 saturated carbocycles. The molecule has 2 N–H and O–H groups in total. The summed E-state index contributed by atoms with van der Waals surface area (Å²) in [4.78, 5) is 52.8. The van der Waals surface area contributed by atoms with Crippen LogP contribution in [0.5, 0.6) is 0 Å². The number of carbonyl (C=O) groups is 3. The van der Waals surface area contributed by atoms with Crippen molar-refractivity contribution in [3.63, 3.8) is 0 Å². The van der Waals surface area contributed by atoms with Crippen LogP contribution in [0.2, 0.25) is 0 Å². The van der Waals surface area contributed by atoms with Gasteiger partial charge < -0.3 is 24.3 Å². The lowest BCUT2D eigenvalue weighted by atomic mass is 9.84. The Morgan fingerprint density at radius 2 is 2.04 bits per heavy atom. The summed E-state index contributed by atoms with van der Waals surface area (Å²) in [5.74, 6) is -0.299. The van der Waals surface area contributed by atoms with Crippen LogP contribution in [0.1, 0.15) is 76.8 Å². The third-order valence-electron chi connectivity index (χ3n) is 11.2. The van der Waals surface area contributed by atoms with E-state index in [0.717, 1.165) is 56.2 Å². The predicted octanol–water partition coefficient (Wildman–Crippen LogP) is 6.14. The molecule has 0 aliphatic carbocycles. The van der Waals surface area contributed by atoms with Gasteiger partial charge in [0, 0.05) is 78.2 Å². The Hall–Kier alpha value is -4.33.